The molecule has 0 radical (unpaired) electrons. The van der Waals surface area contributed by atoms with Crippen molar-refractivity contribution in [2.24, 2.45) is 17.3 Å². The zero-order valence-electron chi connectivity index (χ0n) is 8.60. The highest BCUT2D eigenvalue weighted by atomic mass is 14.5. The molecule has 0 amide bonds. The molecule has 1 unspecified atom stereocenters. The largest absolute Gasteiger partial charge is 0.0648 e. The SMILES string of the molecule is CCC1(C(C)CCC2CC2)CC1. The standard InChI is InChI=1S/C12H22/c1-3-12(8-9-12)10(2)4-5-11-6-7-11/h10-11H,3-9H2,1-2H3. The summed E-state index contributed by atoms with van der Waals surface area (Å²) in [6, 6.07) is 0. The highest BCUT2D eigenvalue weighted by Crippen LogP contribution is 2.56. The minimum absolute atomic E-state index is 0.814. The van der Waals surface area contributed by atoms with Gasteiger partial charge in [0.2, 0.25) is 0 Å². The summed E-state index contributed by atoms with van der Waals surface area (Å²) in [5.41, 5.74) is 0.814. The molecular formula is C12H22. The Kier molecular flexibility index (Phi) is 2.18. The molecule has 0 N–H and O–H groups in total. The fourth-order valence-corrected chi connectivity index (χ4v) is 2.55. The molecule has 0 aromatic rings. The molecule has 0 aliphatic heterocycles. The maximum Gasteiger partial charge on any atom is -0.0274 e. The van der Waals surface area contributed by atoms with Crippen LogP contribution in [-0.2, 0) is 0 Å². The molecule has 0 aromatic heterocycles. The van der Waals surface area contributed by atoms with E-state index in [1.165, 1.54) is 44.9 Å². The first kappa shape index (κ1) is 8.59. The number of hydrogen-bond donors (Lipinski definition) is 0. The van der Waals surface area contributed by atoms with Gasteiger partial charge in [-0.15, -0.1) is 0 Å². The molecule has 0 spiro atoms. The van der Waals surface area contributed by atoms with Crippen LogP contribution in [0.25, 0.3) is 0 Å². The topological polar surface area (TPSA) is 0 Å². The third kappa shape index (κ3) is 1.67. The molecule has 0 bridgehead atoms. The van der Waals surface area contributed by atoms with E-state index in [9.17, 15) is 0 Å². The van der Waals surface area contributed by atoms with Gasteiger partial charge in [-0.25, -0.2) is 0 Å². The van der Waals surface area contributed by atoms with Gasteiger partial charge >= 0.3 is 0 Å². The van der Waals surface area contributed by atoms with Crippen LogP contribution in [0.2, 0.25) is 0 Å². The van der Waals surface area contributed by atoms with Crippen LogP contribution in [0.15, 0.2) is 0 Å². The lowest BCUT2D eigenvalue weighted by Gasteiger charge is -2.21. The Hall–Kier alpha value is 0. The van der Waals surface area contributed by atoms with Crippen molar-refractivity contribution >= 4 is 0 Å². The van der Waals surface area contributed by atoms with Crippen molar-refractivity contribution in [1.82, 2.24) is 0 Å². The molecule has 0 heteroatoms. The lowest BCUT2D eigenvalue weighted by atomic mass is 9.84. The van der Waals surface area contributed by atoms with E-state index in [2.05, 4.69) is 13.8 Å². The molecule has 2 rings (SSSR count). The molecule has 0 aromatic carbocycles. The molecule has 70 valence electrons. The molecule has 1 atom stereocenters. The predicted octanol–water partition coefficient (Wildman–Crippen LogP) is 4.00. The van der Waals surface area contributed by atoms with Gasteiger partial charge in [0.1, 0.15) is 0 Å². The van der Waals surface area contributed by atoms with E-state index in [0.717, 1.165) is 17.3 Å². The van der Waals surface area contributed by atoms with Crippen LogP contribution in [-0.4, -0.2) is 0 Å². The maximum atomic E-state index is 2.48. The third-order valence-electron chi connectivity index (χ3n) is 4.35. The van der Waals surface area contributed by atoms with Crippen LogP contribution >= 0.6 is 0 Å². The first-order chi connectivity index (χ1) is 5.77. The van der Waals surface area contributed by atoms with E-state index >= 15 is 0 Å². The molecular weight excluding hydrogens is 144 g/mol. The molecule has 12 heavy (non-hydrogen) atoms. The van der Waals surface area contributed by atoms with Gasteiger partial charge in [0.15, 0.2) is 0 Å². The molecule has 0 heterocycles. The van der Waals surface area contributed by atoms with E-state index in [4.69, 9.17) is 0 Å². The van der Waals surface area contributed by atoms with Crippen molar-refractivity contribution in [3.63, 3.8) is 0 Å². The van der Waals surface area contributed by atoms with E-state index in [1.807, 2.05) is 0 Å². The van der Waals surface area contributed by atoms with Gasteiger partial charge in [0.05, 0.1) is 0 Å². The highest BCUT2D eigenvalue weighted by molar-refractivity contribution is 4.95. The van der Waals surface area contributed by atoms with E-state index in [0.29, 0.717) is 0 Å². The number of rotatable bonds is 5. The van der Waals surface area contributed by atoms with Gasteiger partial charge in [-0.3, -0.25) is 0 Å². The maximum absolute atomic E-state index is 2.48. The lowest BCUT2D eigenvalue weighted by molar-refractivity contribution is 0.292. The van der Waals surface area contributed by atoms with Gasteiger partial charge in [0, 0.05) is 0 Å². The summed E-state index contributed by atoms with van der Waals surface area (Å²) in [5, 5.41) is 0. The van der Waals surface area contributed by atoms with Crippen LogP contribution in [0.3, 0.4) is 0 Å². The normalized spacial score (nSPS) is 28.5. The molecule has 0 saturated heterocycles. The number of hydrogen-bond acceptors (Lipinski definition) is 0. The fraction of sp³-hybridized carbons (Fsp3) is 1.00. The summed E-state index contributed by atoms with van der Waals surface area (Å²) in [5.74, 6) is 2.16. The Labute approximate surface area is 76.7 Å². The van der Waals surface area contributed by atoms with Crippen molar-refractivity contribution in [2.45, 2.75) is 58.8 Å². The minimum atomic E-state index is 0.814. The Morgan fingerprint density at radius 3 is 2.42 bits per heavy atom. The first-order valence-electron chi connectivity index (χ1n) is 5.77. The van der Waals surface area contributed by atoms with Crippen molar-refractivity contribution in [3.8, 4) is 0 Å². The second kappa shape index (κ2) is 3.05. The van der Waals surface area contributed by atoms with Crippen molar-refractivity contribution < 1.29 is 0 Å². The van der Waals surface area contributed by atoms with Gasteiger partial charge < -0.3 is 0 Å². The Morgan fingerprint density at radius 1 is 1.33 bits per heavy atom. The summed E-state index contributed by atoms with van der Waals surface area (Å²) < 4.78 is 0. The van der Waals surface area contributed by atoms with E-state index in [1.54, 1.807) is 0 Å². The minimum Gasteiger partial charge on any atom is -0.0648 e. The van der Waals surface area contributed by atoms with Crippen LogP contribution in [0, 0.1) is 17.3 Å². The van der Waals surface area contributed by atoms with Crippen LogP contribution < -0.4 is 0 Å². The highest BCUT2D eigenvalue weighted by Gasteiger charge is 2.45. The Balaban J connectivity index is 1.71. The fourth-order valence-electron chi connectivity index (χ4n) is 2.55. The Bertz CT molecular complexity index is 151. The first-order valence-corrected chi connectivity index (χ1v) is 5.77. The molecule has 2 aliphatic rings. The zero-order chi connectivity index (χ0) is 8.60. The lowest BCUT2D eigenvalue weighted by Crippen LogP contribution is -2.11. The second-order valence-electron chi connectivity index (χ2n) is 5.14. The predicted molar refractivity (Wildman–Crippen MR) is 53.1 cm³/mol. The van der Waals surface area contributed by atoms with Crippen molar-refractivity contribution in [3.05, 3.63) is 0 Å². The van der Waals surface area contributed by atoms with Crippen LogP contribution in [0.1, 0.15) is 58.8 Å². The molecule has 2 aliphatic carbocycles. The van der Waals surface area contributed by atoms with Gasteiger partial charge in [-0.05, 0) is 36.5 Å². The molecule has 2 fully saturated rings. The average Bonchev–Trinajstić information content (AvgIpc) is 2.95. The van der Waals surface area contributed by atoms with E-state index in [-0.39, 0.29) is 0 Å². The summed E-state index contributed by atoms with van der Waals surface area (Å²) in [6.45, 7) is 4.86. The molecule has 2 saturated carbocycles. The van der Waals surface area contributed by atoms with Gasteiger partial charge in [-0.2, -0.15) is 0 Å². The summed E-state index contributed by atoms with van der Waals surface area (Å²) in [6.07, 6.45) is 10.6. The van der Waals surface area contributed by atoms with Gasteiger partial charge in [0.25, 0.3) is 0 Å². The van der Waals surface area contributed by atoms with Crippen LogP contribution in [0.4, 0.5) is 0 Å². The average molecular weight is 166 g/mol. The summed E-state index contributed by atoms with van der Waals surface area (Å²) in [7, 11) is 0. The quantitative estimate of drug-likeness (QED) is 0.579. The monoisotopic (exact) mass is 166 g/mol. The second-order valence-corrected chi connectivity index (χ2v) is 5.14. The third-order valence-corrected chi connectivity index (χ3v) is 4.35. The zero-order valence-corrected chi connectivity index (χ0v) is 8.60. The Morgan fingerprint density at radius 2 is 2.00 bits per heavy atom. The smallest absolute Gasteiger partial charge is 0.0274 e. The van der Waals surface area contributed by atoms with E-state index < -0.39 is 0 Å². The van der Waals surface area contributed by atoms with Crippen molar-refractivity contribution in [1.29, 1.82) is 0 Å². The summed E-state index contributed by atoms with van der Waals surface area (Å²) >= 11 is 0. The van der Waals surface area contributed by atoms with Gasteiger partial charge in [-0.1, -0.05) is 39.5 Å². The van der Waals surface area contributed by atoms with Crippen LogP contribution in [0.5, 0.6) is 0 Å². The summed E-state index contributed by atoms with van der Waals surface area (Å²) in [4.78, 5) is 0. The molecule has 0 nitrogen and oxygen atoms in total. The van der Waals surface area contributed by atoms with Crippen molar-refractivity contribution in [2.75, 3.05) is 0 Å².